The number of hydrogen-bond acceptors (Lipinski definition) is 9. The molecule has 1 atom stereocenters. The average Bonchev–Trinajstić information content (AvgIpc) is 3.03. The molecule has 0 spiro atoms. The first-order valence-electron chi connectivity index (χ1n) is 6.02. The highest BCUT2D eigenvalue weighted by Gasteiger charge is 2.47. The number of fused-ring (bicyclic) bond motifs is 2. The van der Waals surface area contributed by atoms with Crippen molar-refractivity contribution < 1.29 is 5.11 Å². The number of aromatic nitrogens is 3. The van der Waals surface area contributed by atoms with E-state index < -0.39 is 5.85 Å². The third-order valence-electron chi connectivity index (χ3n) is 3.28. The van der Waals surface area contributed by atoms with Crippen LogP contribution in [0.25, 0.3) is 10.3 Å². The van der Waals surface area contributed by atoms with Crippen molar-refractivity contribution in [1.82, 2.24) is 30.7 Å². The first kappa shape index (κ1) is 11.7. The van der Waals surface area contributed by atoms with Gasteiger partial charge in [0.25, 0.3) is 5.85 Å². The van der Waals surface area contributed by atoms with E-state index in [1.807, 2.05) is 6.92 Å². The van der Waals surface area contributed by atoms with Gasteiger partial charge in [0.2, 0.25) is 0 Å². The quantitative estimate of drug-likeness (QED) is 0.672. The summed E-state index contributed by atoms with van der Waals surface area (Å²) in [5.74, 6) is -0.658. The maximum atomic E-state index is 10.9. The molecule has 1 saturated heterocycles. The molecule has 0 radical (unpaired) electrons. The van der Waals surface area contributed by atoms with Crippen molar-refractivity contribution in [2.45, 2.75) is 12.8 Å². The van der Waals surface area contributed by atoms with Crippen LogP contribution in [0.3, 0.4) is 0 Å². The Balaban J connectivity index is 1.83. The second-order valence-corrected chi connectivity index (χ2v) is 5.49. The third-order valence-corrected chi connectivity index (χ3v) is 4.36. The average molecular weight is 289 g/mol. The van der Waals surface area contributed by atoms with Crippen LogP contribution in [0, 0.1) is 0 Å². The van der Waals surface area contributed by atoms with Crippen LogP contribution < -0.4 is 10.9 Å². The third kappa shape index (κ3) is 1.48. The number of nitrogens with zero attached hydrogens (tertiary/aromatic N) is 5. The van der Waals surface area contributed by atoms with Gasteiger partial charge in [0.15, 0.2) is 5.01 Å². The Morgan fingerprint density at radius 1 is 1.50 bits per heavy atom. The Hall–Kier alpha value is -2.10. The highest BCUT2D eigenvalue weighted by molar-refractivity contribution is 7.18. The second kappa shape index (κ2) is 3.95. The molecule has 9 heteroatoms. The Morgan fingerprint density at radius 2 is 2.40 bits per heavy atom. The number of aliphatic hydroxyl groups is 1. The molecule has 1 fully saturated rings. The normalized spacial score (nSPS) is 25.2. The van der Waals surface area contributed by atoms with E-state index in [0.29, 0.717) is 17.1 Å². The van der Waals surface area contributed by atoms with E-state index in [0.717, 1.165) is 16.3 Å². The van der Waals surface area contributed by atoms with Gasteiger partial charge in [-0.15, -0.1) is 0 Å². The van der Waals surface area contributed by atoms with Gasteiger partial charge in [0, 0.05) is 6.21 Å². The zero-order chi connectivity index (χ0) is 13.7. The van der Waals surface area contributed by atoms with E-state index in [1.165, 1.54) is 17.7 Å². The summed E-state index contributed by atoms with van der Waals surface area (Å²) < 4.78 is 0. The number of thiazole rings is 1. The number of rotatable bonds is 1. The molecule has 102 valence electrons. The number of hydrazine groups is 1. The van der Waals surface area contributed by atoms with Gasteiger partial charge in [-0.3, -0.25) is 4.99 Å². The van der Waals surface area contributed by atoms with Gasteiger partial charge in [-0.1, -0.05) is 11.3 Å². The molecule has 2 aliphatic heterocycles. The smallest absolute Gasteiger partial charge is 0.269 e. The summed E-state index contributed by atoms with van der Waals surface area (Å²) in [5, 5.41) is 11.4. The van der Waals surface area contributed by atoms with Gasteiger partial charge in [-0.2, -0.15) is 5.43 Å². The SMILES string of the molecule is CC1=C2NN[C@@](O)(c3nc4cncnc4s3)N2CC=N1. The monoisotopic (exact) mass is 289 g/mol. The molecule has 20 heavy (non-hydrogen) atoms. The van der Waals surface area contributed by atoms with E-state index in [1.54, 1.807) is 17.3 Å². The van der Waals surface area contributed by atoms with Gasteiger partial charge < -0.3 is 15.4 Å². The van der Waals surface area contributed by atoms with E-state index in [4.69, 9.17) is 0 Å². The highest BCUT2D eigenvalue weighted by Crippen LogP contribution is 2.35. The topological polar surface area (TPSA) is 98.6 Å². The first-order valence-corrected chi connectivity index (χ1v) is 6.84. The van der Waals surface area contributed by atoms with Crippen molar-refractivity contribution in [3.63, 3.8) is 0 Å². The molecule has 3 N–H and O–H groups in total. The molecule has 0 amide bonds. The summed E-state index contributed by atoms with van der Waals surface area (Å²) in [7, 11) is 0. The largest absolute Gasteiger partial charge is 0.352 e. The summed E-state index contributed by atoms with van der Waals surface area (Å²) in [4.78, 5) is 19.3. The predicted molar refractivity (Wildman–Crippen MR) is 73.3 cm³/mol. The molecule has 0 unspecified atom stereocenters. The maximum Gasteiger partial charge on any atom is 0.269 e. The lowest BCUT2D eigenvalue weighted by molar-refractivity contribution is -0.0920. The van der Waals surface area contributed by atoms with E-state index in [2.05, 4.69) is 30.8 Å². The van der Waals surface area contributed by atoms with Crippen LogP contribution in [0.5, 0.6) is 0 Å². The molecule has 2 aromatic rings. The lowest BCUT2D eigenvalue weighted by atomic mass is 10.3. The molecule has 8 nitrogen and oxygen atoms in total. The second-order valence-electron chi connectivity index (χ2n) is 4.51. The summed E-state index contributed by atoms with van der Waals surface area (Å²) in [6.07, 6.45) is 4.86. The Morgan fingerprint density at radius 3 is 3.25 bits per heavy atom. The van der Waals surface area contributed by atoms with E-state index >= 15 is 0 Å². The number of nitrogens with one attached hydrogen (secondary N) is 2. The number of allylic oxidation sites excluding steroid dienone is 1. The fourth-order valence-corrected chi connectivity index (χ4v) is 3.21. The minimum Gasteiger partial charge on any atom is -0.352 e. The predicted octanol–water partition coefficient (Wildman–Crippen LogP) is -0.128. The van der Waals surface area contributed by atoms with E-state index in [-0.39, 0.29) is 0 Å². The molecule has 4 heterocycles. The Bertz CT molecular complexity index is 721. The highest BCUT2D eigenvalue weighted by atomic mass is 32.1. The number of hydrogen-bond donors (Lipinski definition) is 3. The van der Waals surface area contributed by atoms with Crippen LogP contribution in [-0.2, 0) is 5.85 Å². The first-order chi connectivity index (χ1) is 9.68. The molecule has 4 rings (SSSR count). The molecular weight excluding hydrogens is 278 g/mol. The summed E-state index contributed by atoms with van der Waals surface area (Å²) >= 11 is 1.33. The van der Waals surface area contributed by atoms with Crippen molar-refractivity contribution in [3.8, 4) is 0 Å². The van der Waals surface area contributed by atoms with Crippen LogP contribution in [0.15, 0.2) is 29.0 Å². The molecule has 2 aromatic heterocycles. The van der Waals surface area contributed by atoms with Crippen molar-refractivity contribution in [3.05, 3.63) is 29.0 Å². The number of aliphatic imine (C=N–C) groups is 1. The summed E-state index contributed by atoms with van der Waals surface area (Å²) in [5.41, 5.74) is 7.32. The van der Waals surface area contributed by atoms with Gasteiger partial charge in [0.05, 0.1) is 18.4 Å². The standard InChI is InChI=1S/C11H11N7OS/c1-6-8-16-17-11(19,18(8)3-2-13-6)10-15-7-4-12-5-14-9(7)20-10/h2,4-5,16-17,19H,3H2,1H3/t11-/m0/s1. The lowest BCUT2D eigenvalue weighted by Crippen LogP contribution is -2.50. The summed E-state index contributed by atoms with van der Waals surface area (Å²) in [6, 6.07) is 0. The Labute approximate surface area is 117 Å². The van der Waals surface area contributed by atoms with Crippen LogP contribution in [0.1, 0.15) is 11.9 Å². The van der Waals surface area contributed by atoms with E-state index in [9.17, 15) is 5.11 Å². The van der Waals surface area contributed by atoms with Crippen molar-refractivity contribution in [1.29, 1.82) is 0 Å². The minimum atomic E-state index is -1.41. The van der Waals surface area contributed by atoms with Gasteiger partial charge in [-0.05, 0) is 6.92 Å². The molecule has 0 bridgehead atoms. The van der Waals surface area contributed by atoms with Crippen LogP contribution >= 0.6 is 11.3 Å². The van der Waals surface area contributed by atoms with Crippen LogP contribution in [-0.4, -0.2) is 37.7 Å². The van der Waals surface area contributed by atoms with Gasteiger partial charge in [0.1, 0.15) is 22.5 Å². The fraction of sp³-hybridized carbons (Fsp3) is 0.273. The molecule has 0 aliphatic carbocycles. The minimum absolute atomic E-state index is 0.491. The zero-order valence-corrected chi connectivity index (χ0v) is 11.3. The van der Waals surface area contributed by atoms with Crippen molar-refractivity contribution in [2.75, 3.05) is 6.54 Å². The van der Waals surface area contributed by atoms with Crippen molar-refractivity contribution >= 4 is 27.9 Å². The maximum absolute atomic E-state index is 10.9. The molecule has 0 aromatic carbocycles. The molecule has 0 saturated carbocycles. The van der Waals surface area contributed by atoms with Crippen LogP contribution in [0.4, 0.5) is 0 Å². The zero-order valence-electron chi connectivity index (χ0n) is 10.5. The molecule has 2 aliphatic rings. The van der Waals surface area contributed by atoms with Gasteiger partial charge >= 0.3 is 0 Å². The Kier molecular flexibility index (Phi) is 2.31. The van der Waals surface area contributed by atoms with Gasteiger partial charge in [-0.25, -0.2) is 15.0 Å². The van der Waals surface area contributed by atoms with Crippen LogP contribution in [0.2, 0.25) is 0 Å². The fourth-order valence-electron chi connectivity index (χ4n) is 2.28. The van der Waals surface area contributed by atoms with Crippen molar-refractivity contribution in [2.24, 2.45) is 4.99 Å². The summed E-state index contributed by atoms with van der Waals surface area (Å²) in [6.45, 7) is 2.37. The molecular formula is C11H11N7OS. The lowest BCUT2D eigenvalue weighted by Gasteiger charge is -2.31.